The summed E-state index contributed by atoms with van der Waals surface area (Å²) in [5.41, 5.74) is 7.94. The summed E-state index contributed by atoms with van der Waals surface area (Å²) >= 11 is 0. The van der Waals surface area contributed by atoms with Crippen LogP contribution >= 0.6 is 0 Å². The highest BCUT2D eigenvalue weighted by Gasteiger charge is 2.24. The van der Waals surface area contributed by atoms with Crippen LogP contribution in [0.2, 0.25) is 0 Å². The summed E-state index contributed by atoms with van der Waals surface area (Å²) in [6.07, 6.45) is 0. The molecule has 0 radical (unpaired) electrons. The molecule has 0 aliphatic rings. The SMILES string of the molecule is Cc1cccc(C(=O)NNCc2ccccc2)c1NC(=O)C(C)(C)C. The summed E-state index contributed by atoms with van der Waals surface area (Å²) in [5.74, 6) is -0.420. The molecule has 2 rings (SSSR count). The molecule has 0 bridgehead atoms. The van der Waals surface area contributed by atoms with Crippen molar-refractivity contribution in [1.82, 2.24) is 10.9 Å². The minimum absolute atomic E-state index is 0.131. The summed E-state index contributed by atoms with van der Waals surface area (Å²) in [4.78, 5) is 24.8. The van der Waals surface area contributed by atoms with E-state index in [2.05, 4.69) is 16.2 Å². The standard InChI is InChI=1S/C20H25N3O2/c1-14-9-8-12-16(17(14)22-19(25)20(2,3)4)18(24)23-21-13-15-10-6-5-7-11-15/h5-12,21H,13H2,1-4H3,(H,22,25)(H,23,24). The highest BCUT2D eigenvalue weighted by Crippen LogP contribution is 2.24. The van der Waals surface area contributed by atoms with Gasteiger partial charge in [-0.3, -0.25) is 15.0 Å². The number of rotatable bonds is 5. The van der Waals surface area contributed by atoms with Crippen LogP contribution in [-0.2, 0) is 11.3 Å². The molecule has 3 N–H and O–H groups in total. The number of hydrazine groups is 1. The number of hydrogen-bond acceptors (Lipinski definition) is 3. The average Bonchev–Trinajstić information content (AvgIpc) is 2.56. The van der Waals surface area contributed by atoms with Gasteiger partial charge in [-0.1, -0.05) is 63.2 Å². The predicted octanol–water partition coefficient (Wildman–Crippen LogP) is 3.41. The van der Waals surface area contributed by atoms with Crippen LogP contribution in [0.1, 0.15) is 42.3 Å². The maximum atomic E-state index is 12.5. The number of anilines is 1. The summed E-state index contributed by atoms with van der Waals surface area (Å²) in [6.45, 7) is 7.89. The van der Waals surface area contributed by atoms with Crippen LogP contribution in [0.3, 0.4) is 0 Å². The van der Waals surface area contributed by atoms with Crippen molar-refractivity contribution in [2.75, 3.05) is 5.32 Å². The third-order valence-electron chi connectivity index (χ3n) is 3.77. The second-order valence-corrected chi connectivity index (χ2v) is 6.99. The molecule has 5 nitrogen and oxygen atoms in total. The van der Waals surface area contributed by atoms with Crippen molar-refractivity contribution in [3.8, 4) is 0 Å². The zero-order valence-electron chi connectivity index (χ0n) is 15.1. The Morgan fingerprint density at radius 2 is 1.64 bits per heavy atom. The van der Waals surface area contributed by atoms with E-state index in [9.17, 15) is 9.59 Å². The zero-order chi connectivity index (χ0) is 18.4. The monoisotopic (exact) mass is 339 g/mol. The highest BCUT2D eigenvalue weighted by atomic mass is 16.2. The Morgan fingerprint density at radius 1 is 0.960 bits per heavy atom. The average molecular weight is 339 g/mol. The zero-order valence-corrected chi connectivity index (χ0v) is 15.1. The fraction of sp³-hybridized carbons (Fsp3) is 0.300. The molecule has 0 saturated heterocycles. The van der Waals surface area contributed by atoms with E-state index in [1.54, 1.807) is 12.1 Å². The van der Waals surface area contributed by atoms with Crippen LogP contribution in [0.5, 0.6) is 0 Å². The van der Waals surface area contributed by atoms with Gasteiger partial charge in [0.25, 0.3) is 5.91 Å². The van der Waals surface area contributed by atoms with Crippen LogP contribution in [0.4, 0.5) is 5.69 Å². The predicted molar refractivity (Wildman–Crippen MR) is 100 cm³/mol. The van der Waals surface area contributed by atoms with Gasteiger partial charge in [0.05, 0.1) is 11.3 Å². The largest absolute Gasteiger partial charge is 0.325 e. The Kier molecular flexibility index (Phi) is 5.93. The molecule has 25 heavy (non-hydrogen) atoms. The van der Waals surface area contributed by atoms with E-state index in [1.165, 1.54) is 0 Å². The van der Waals surface area contributed by atoms with E-state index in [0.29, 0.717) is 17.8 Å². The lowest BCUT2D eigenvalue weighted by Gasteiger charge is -2.20. The summed E-state index contributed by atoms with van der Waals surface area (Å²) in [6, 6.07) is 15.1. The topological polar surface area (TPSA) is 70.2 Å². The molecule has 2 aromatic rings. The van der Waals surface area contributed by atoms with Crippen LogP contribution in [-0.4, -0.2) is 11.8 Å². The molecule has 0 fully saturated rings. The Morgan fingerprint density at radius 3 is 2.28 bits per heavy atom. The molecule has 0 unspecified atom stereocenters. The first kappa shape index (κ1) is 18.7. The highest BCUT2D eigenvalue weighted by molar-refractivity contribution is 6.05. The van der Waals surface area contributed by atoms with Gasteiger partial charge >= 0.3 is 0 Å². The van der Waals surface area contributed by atoms with Gasteiger partial charge in [-0.05, 0) is 24.1 Å². The molecular weight excluding hydrogens is 314 g/mol. The maximum Gasteiger partial charge on any atom is 0.267 e. The van der Waals surface area contributed by atoms with Gasteiger partial charge in [0, 0.05) is 12.0 Å². The second kappa shape index (κ2) is 7.94. The number of carbonyl (C=O) groups excluding carboxylic acids is 2. The number of carbonyl (C=O) groups is 2. The molecule has 0 aliphatic carbocycles. The minimum atomic E-state index is -0.540. The van der Waals surface area contributed by atoms with Crippen molar-refractivity contribution in [1.29, 1.82) is 0 Å². The van der Waals surface area contributed by atoms with E-state index in [1.807, 2.05) is 64.1 Å². The summed E-state index contributed by atoms with van der Waals surface area (Å²) in [7, 11) is 0. The van der Waals surface area contributed by atoms with E-state index >= 15 is 0 Å². The quantitative estimate of drug-likeness (QED) is 0.731. The van der Waals surface area contributed by atoms with Crippen molar-refractivity contribution in [3.63, 3.8) is 0 Å². The molecule has 0 heterocycles. The molecule has 0 aliphatic heterocycles. The van der Waals surface area contributed by atoms with Gasteiger partial charge in [-0.15, -0.1) is 0 Å². The number of amides is 2. The molecule has 5 heteroatoms. The van der Waals surface area contributed by atoms with Gasteiger partial charge in [0.1, 0.15) is 0 Å². The number of aryl methyl sites for hydroxylation is 1. The van der Waals surface area contributed by atoms with E-state index in [-0.39, 0.29) is 11.8 Å². The first-order chi connectivity index (χ1) is 11.8. The van der Waals surface area contributed by atoms with E-state index in [4.69, 9.17) is 0 Å². The lowest BCUT2D eigenvalue weighted by Crippen LogP contribution is -2.37. The Hall–Kier alpha value is -2.66. The van der Waals surface area contributed by atoms with Gasteiger partial charge < -0.3 is 5.32 Å². The Bertz CT molecular complexity index is 749. The van der Waals surface area contributed by atoms with Crippen molar-refractivity contribution in [3.05, 3.63) is 65.2 Å². The van der Waals surface area contributed by atoms with Gasteiger partial charge in [0.15, 0.2) is 0 Å². The van der Waals surface area contributed by atoms with Crippen molar-refractivity contribution < 1.29 is 9.59 Å². The fourth-order valence-electron chi connectivity index (χ4n) is 2.21. The summed E-state index contributed by atoms with van der Waals surface area (Å²) < 4.78 is 0. The lowest BCUT2D eigenvalue weighted by molar-refractivity contribution is -0.123. The Balaban J connectivity index is 2.08. The van der Waals surface area contributed by atoms with Crippen molar-refractivity contribution in [2.24, 2.45) is 5.41 Å². The first-order valence-electron chi connectivity index (χ1n) is 8.27. The molecule has 0 atom stereocenters. The number of hydrogen-bond donors (Lipinski definition) is 3. The number of nitrogens with one attached hydrogen (secondary N) is 3. The fourth-order valence-corrected chi connectivity index (χ4v) is 2.21. The molecule has 0 aromatic heterocycles. The molecule has 2 aromatic carbocycles. The third kappa shape index (κ3) is 5.16. The lowest BCUT2D eigenvalue weighted by atomic mass is 9.95. The molecule has 2 amide bonds. The van der Waals surface area contributed by atoms with Crippen LogP contribution in [0, 0.1) is 12.3 Å². The minimum Gasteiger partial charge on any atom is -0.325 e. The van der Waals surface area contributed by atoms with Crippen LogP contribution in [0.25, 0.3) is 0 Å². The van der Waals surface area contributed by atoms with Crippen molar-refractivity contribution in [2.45, 2.75) is 34.2 Å². The van der Waals surface area contributed by atoms with Gasteiger partial charge in [-0.2, -0.15) is 0 Å². The van der Waals surface area contributed by atoms with E-state index in [0.717, 1.165) is 11.1 Å². The molecule has 132 valence electrons. The third-order valence-corrected chi connectivity index (χ3v) is 3.77. The van der Waals surface area contributed by atoms with E-state index < -0.39 is 5.41 Å². The Labute approximate surface area is 148 Å². The maximum absolute atomic E-state index is 12.5. The summed E-state index contributed by atoms with van der Waals surface area (Å²) in [5, 5.41) is 2.88. The first-order valence-corrected chi connectivity index (χ1v) is 8.27. The van der Waals surface area contributed by atoms with Gasteiger partial charge in [-0.25, -0.2) is 5.43 Å². The molecular formula is C20H25N3O2. The van der Waals surface area contributed by atoms with Crippen molar-refractivity contribution >= 4 is 17.5 Å². The van der Waals surface area contributed by atoms with Crippen LogP contribution in [0.15, 0.2) is 48.5 Å². The molecule has 0 saturated carbocycles. The number of benzene rings is 2. The number of para-hydroxylation sites is 1. The van der Waals surface area contributed by atoms with Crippen LogP contribution < -0.4 is 16.2 Å². The second-order valence-electron chi connectivity index (χ2n) is 6.99. The van der Waals surface area contributed by atoms with Gasteiger partial charge in [0.2, 0.25) is 5.91 Å². The smallest absolute Gasteiger partial charge is 0.267 e. The normalized spacial score (nSPS) is 11.0. The molecule has 0 spiro atoms.